The second kappa shape index (κ2) is 5.81. The van der Waals surface area contributed by atoms with Crippen molar-refractivity contribution in [2.75, 3.05) is 0 Å². The van der Waals surface area contributed by atoms with Crippen LogP contribution in [0.3, 0.4) is 0 Å². The molecular weight excluding hydrogens is 347 g/mol. The van der Waals surface area contributed by atoms with Crippen molar-refractivity contribution in [2.45, 2.75) is 18.5 Å². The summed E-state index contributed by atoms with van der Waals surface area (Å²) in [6.07, 6.45) is 0.410. The molecular formula is C18H14Cl2N2O2. The molecule has 0 saturated heterocycles. The molecule has 1 aliphatic rings. The topological polar surface area (TPSA) is 65.1 Å². The molecule has 2 heterocycles. The zero-order valence-electron chi connectivity index (χ0n) is 12.5. The number of fused-ring (bicyclic) bond motifs is 3. The third-order valence-corrected chi connectivity index (χ3v) is 5.16. The third kappa shape index (κ3) is 2.38. The van der Waals surface area contributed by atoms with E-state index in [2.05, 4.69) is 10.3 Å². The zero-order valence-corrected chi connectivity index (χ0v) is 14.0. The van der Waals surface area contributed by atoms with Gasteiger partial charge in [-0.3, -0.25) is 10.1 Å². The Morgan fingerprint density at radius 2 is 1.79 bits per heavy atom. The number of aliphatic carboxylic acids is 1. The van der Waals surface area contributed by atoms with Crippen LogP contribution >= 0.6 is 23.2 Å². The number of nitrogens with one attached hydrogen (secondary N) is 2. The van der Waals surface area contributed by atoms with Crippen molar-refractivity contribution >= 4 is 40.1 Å². The van der Waals surface area contributed by atoms with Gasteiger partial charge in [0.1, 0.15) is 6.04 Å². The number of para-hydroxylation sites is 1. The lowest BCUT2D eigenvalue weighted by Crippen LogP contribution is -2.45. The van der Waals surface area contributed by atoms with Gasteiger partial charge in [-0.05, 0) is 23.8 Å². The van der Waals surface area contributed by atoms with Gasteiger partial charge in [0, 0.05) is 38.6 Å². The van der Waals surface area contributed by atoms with E-state index in [0.29, 0.717) is 22.0 Å². The van der Waals surface area contributed by atoms with Crippen molar-refractivity contribution < 1.29 is 9.90 Å². The predicted octanol–water partition coefficient (Wildman–Crippen LogP) is 4.16. The summed E-state index contributed by atoms with van der Waals surface area (Å²) in [4.78, 5) is 15.0. The molecule has 0 aliphatic carbocycles. The summed E-state index contributed by atoms with van der Waals surface area (Å²) in [5.41, 5.74) is 3.59. The van der Waals surface area contributed by atoms with E-state index in [9.17, 15) is 9.90 Å². The average molecular weight is 361 g/mol. The number of carboxylic acids is 1. The summed E-state index contributed by atoms with van der Waals surface area (Å²) in [7, 11) is 0. The van der Waals surface area contributed by atoms with E-state index in [1.54, 1.807) is 18.2 Å². The molecule has 24 heavy (non-hydrogen) atoms. The SMILES string of the molecule is O=C(O)C1Cc2c([nH]c3ccccc23)C(c2c(Cl)cccc2Cl)N1. The molecule has 6 heteroatoms. The van der Waals surface area contributed by atoms with Gasteiger partial charge in [-0.15, -0.1) is 0 Å². The fourth-order valence-corrected chi connectivity index (χ4v) is 4.02. The van der Waals surface area contributed by atoms with Crippen LogP contribution in [0.2, 0.25) is 10.0 Å². The van der Waals surface area contributed by atoms with Gasteiger partial charge in [0.05, 0.1) is 6.04 Å². The van der Waals surface area contributed by atoms with Crippen LogP contribution in [-0.2, 0) is 11.2 Å². The van der Waals surface area contributed by atoms with E-state index in [-0.39, 0.29) is 0 Å². The maximum absolute atomic E-state index is 11.6. The highest BCUT2D eigenvalue weighted by Gasteiger charge is 2.35. The molecule has 2 atom stereocenters. The van der Waals surface area contributed by atoms with Crippen molar-refractivity contribution in [2.24, 2.45) is 0 Å². The molecule has 1 aromatic heterocycles. The standard InChI is InChI=1S/C18H14Cl2N2O2/c19-11-5-3-6-12(20)15(11)17-16-10(8-14(22-17)18(23)24)9-4-1-2-7-13(9)21-16/h1-7,14,17,21-22H,8H2,(H,23,24). The summed E-state index contributed by atoms with van der Waals surface area (Å²) in [5.74, 6) is -0.890. The lowest BCUT2D eigenvalue weighted by Gasteiger charge is -2.30. The Bertz CT molecular complexity index is 931. The number of hydrogen-bond acceptors (Lipinski definition) is 2. The van der Waals surface area contributed by atoms with Crippen molar-refractivity contribution in [1.29, 1.82) is 0 Å². The summed E-state index contributed by atoms with van der Waals surface area (Å²) in [6.45, 7) is 0. The smallest absolute Gasteiger partial charge is 0.321 e. The zero-order chi connectivity index (χ0) is 16.8. The van der Waals surface area contributed by atoms with Crippen LogP contribution in [0.15, 0.2) is 42.5 Å². The van der Waals surface area contributed by atoms with Crippen LogP contribution in [0.1, 0.15) is 22.9 Å². The second-order valence-electron chi connectivity index (χ2n) is 5.89. The number of hydrogen-bond donors (Lipinski definition) is 3. The van der Waals surface area contributed by atoms with E-state index in [1.807, 2.05) is 24.3 Å². The van der Waals surface area contributed by atoms with Gasteiger partial charge in [-0.2, -0.15) is 0 Å². The number of rotatable bonds is 2. The Labute approximate surface area is 148 Å². The van der Waals surface area contributed by atoms with Crippen molar-refractivity contribution in [3.05, 3.63) is 69.3 Å². The van der Waals surface area contributed by atoms with Gasteiger partial charge < -0.3 is 10.1 Å². The quantitative estimate of drug-likeness (QED) is 0.642. The van der Waals surface area contributed by atoms with Crippen LogP contribution in [0.4, 0.5) is 0 Å². The lowest BCUT2D eigenvalue weighted by atomic mass is 9.90. The fraction of sp³-hybridized carbons (Fsp3) is 0.167. The van der Waals surface area contributed by atoms with Crippen LogP contribution < -0.4 is 5.32 Å². The summed E-state index contributed by atoms with van der Waals surface area (Å²) in [5, 5.41) is 14.8. The number of H-pyrrole nitrogens is 1. The molecule has 3 N–H and O–H groups in total. The average Bonchev–Trinajstić information content (AvgIpc) is 2.93. The van der Waals surface area contributed by atoms with E-state index in [0.717, 1.165) is 22.2 Å². The normalized spacial score (nSPS) is 20.1. The minimum absolute atomic E-state index is 0.400. The van der Waals surface area contributed by atoms with Crippen molar-refractivity contribution in [1.82, 2.24) is 10.3 Å². The van der Waals surface area contributed by atoms with Gasteiger partial charge in [-0.25, -0.2) is 0 Å². The van der Waals surface area contributed by atoms with E-state index >= 15 is 0 Å². The van der Waals surface area contributed by atoms with Gasteiger partial charge >= 0.3 is 5.97 Å². The molecule has 0 spiro atoms. The number of benzene rings is 2. The lowest BCUT2D eigenvalue weighted by molar-refractivity contribution is -0.139. The summed E-state index contributed by atoms with van der Waals surface area (Å²) >= 11 is 12.7. The molecule has 1 aliphatic heterocycles. The Kier molecular flexibility index (Phi) is 3.76. The van der Waals surface area contributed by atoms with Gasteiger partial charge in [0.15, 0.2) is 0 Å². The molecule has 0 fully saturated rings. The Hall–Kier alpha value is -2.01. The predicted molar refractivity (Wildman–Crippen MR) is 94.9 cm³/mol. The highest BCUT2D eigenvalue weighted by molar-refractivity contribution is 6.36. The van der Waals surface area contributed by atoms with E-state index < -0.39 is 18.1 Å². The maximum Gasteiger partial charge on any atom is 0.321 e. The number of carbonyl (C=O) groups is 1. The minimum Gasteiger partial charge on any atom is -0.480 e. The molecule has 2 aromatic carbocycles. The first-order chi connectivity index (χ1) is 11.6. The van der Waals surface area contributed by atoms with Crippen LogP contribution in [-0.4, -0.2) is 22.1 Å². The highest BCUT2D eigenvalue weighted by atomic mass is 35.5. The molecule has 0 amide bonds. The summed E-state index contributed by atoms with van der Waals surface area (Å²) in [6, 6.07) is 12.1. The van der Waals surface area contributed by atoms with E-state index in [1.165, 1.54) is 0 Å². The van der Waals surface area contributed by atoms with Gasteiger partial charge in [0.25, 0.3) is 0 Å². The number of carboxylic acid groups (broad SMARTS) is 1. The first-order valence-electron chi connectivity index (χ1n) is 7.58. The molecule has 4 nitrogen and oxygen atoms in total. The van der Waals surface area contributed by atoms with Crippen LogP contribution in [0.5, 0.6) is 0 Å². The minimum atomic E-state index is -0.890. The van der Waals surface area contributed by atoms with Gasteiger partial charge in [0.2, 0.25) is 0 Å². The number of halogens is 2. The van der Waals surface area contributed by atoms with Crippen molar-refractivity contribution in [3.8, 4) is 0 Å². The highest BCUT2D eigenvalue weighted by Crippen LogP contribution is 2.40. The summed E-state index contributed by atoms with van der Waals surface area (Å²) < 4.78 is 0. The molecule has 0 radical (unpaired) electrons. The van der Waals surface area contributed by atoms with Crippen LogP contribution in [0.25, 0.3) is 10.9 Å². The Morgan fingerprint density at radius 3 is 2.50 bits per heavy atom. The monoisotopic (exact) mass is 360 g/mol. The van der Waals surface area contributed by atoms with Crippen LogP contribution in [0, 0.1) is 0 Å². The maximum atomic E-state index is 11.6. The Balaban J connectivity index is 1.96. The molecule has 3 aromatic rings. The third-order valence-electron chi connectivity index (χ3n) is 4.50. The number of aromatic amines is 1. The molecule has 4 rings (SSSR count). The molecule has 0 saturated carbocycles. The second-order valence-corrected chi connectivity index (χ2v) is 6.71. The molecule has 122 valence electrons. The molecule has 2 unspecified atom stereocenters. The number of aromatic nitrogens is 1. The first kappa shape index (κ1) is 15.5. The van der Waals surface area contributed by atoms with Gasteiger partial charge in [-0.1, -0.05) is 47.5 Å². The van der Waals surface area contributed by atoms with E-state index in [4.69, 9.17) is 23.2 Å². The Morgan fingerprint density at radius 1 is 1.08 bits per heavy atom. The first-order valence-corrected chi connectivity index (χ1v) is 8.34. The molecule has 0 bridgehead atoms. The van der Waals surface area contributed by atoms with Crippen molar-refractivity contribution in [3.63, 3.8) is 0 Å². The fourth-order valence-electron chi connectivity index (χ4n) is 3.41. The largest absolute Gasteiger partial charge is 0.480 e.